The van der Waals surface area contributed by atoms with Crippen molar-refractivity contribution in [3.05, 3.63) is 23.7 Å². The molecule has 0 spiro atoms. The molecule has 2 aromatic rings. The number of rotatable bonds is 4. The van der Waals surface area contributed by atoms with Gasteiger partial charge in [0.1, 0.15) is 5.76 Å². The second kappa shape index (κ2) is 5.59. The molecule has 0 bridgehead atoms. The van der Waals surface area contributed by atoms with E-state index < -0.39 is 0 Å². The lowest BCUT2D eigenvalue weighted by molar-refractivity contribution is 0.529. The average molecular weight is 288 g/mol. The van der Waals surface area contributed by atoms with Crippen LogP contribution in [0, 0.1) is 6.92 Å². The number of hydrogen-bond donors (Lipinski definition) is 1. The highest BCUT2D eigenvalue weighted by atomic mass is 16.3. The van der Waals surface area contributed by atoms with Gasteiger partial charge in [0.2, 0.25) is 17.8 Å². The number of anilines is 3. The summed E-state index contributed by atoms with van der Waals surface area (Å²) in [6.07, 6.45) is 4.03. The van der Waals surface area contributed by atoms with E-state index in [4.69, 9.17) is 10.2 Å². The van der Waals surface area contributed by atoms with Crippen molar-refractivity contribution in [2.75, 3.05) is 35.7 Å². The predicted octanol–water partition coefficient (Wildman–Crippen LogP) is 1.59. The molecule has 1 aliphatic rings. The van der Waals surface area contributed by atoms with Crippen LogP contribution in [0.2, 0.25) is 0 Å². The summed E-state index contributed by atoms with van der Waals surface area (Å²) < 4.78 is 5.32. The number of nitrogens with zero attached hydrogens (tertiary/aromatic N) is 5. The fourth-order valence-corrected chi connectivity index (χ4v) is 2.50. The van der Waals surface area contributed by atoms with Crippen molar-refractivity contribution in [3.8, 4) is 0 Å². The molecule has 7 nitrogen and oxygen atoms in total. The Balaban J connectivity index is 1.82. The van der Waals surface area contributed by atoms with E-state index in [1.54, 1.807) is 6.26 Å². The number of nitrogens with two attached hydrogens (primary N) is 1. The number of aryl methyl sites for hydroxylation is 1. The molecule has 0 atom stereocenters. The predicted molar refractivity (Wildman–Crippen MR) is 81.2 cm³/mol. The van der Waals surface area contributed by atoms with Crippen molar-refractivity contribution in [3.63, 3.8) is 0 Å². The zero-order valence-corrected chi connectivity index (χ0v) is 12.4. The highest BCUT2D eigenvalue weighted by Crippen LogP contribution is 2.20. The molecule has 3 heterocycles. The molecule has 0 radical (unpaired) electrons. The molecule has 0 amide bonds. The van der Waals surface area contributed by atoms with Gasteiger partial charge in [0.05, 0.1) is 6.26 Å². The Hall–Kier alpha value is -2.31. The molecular formula is C14H20N6O. The zero-order valence-electron chi connectivity index (χ0n) is 12.4. The zero-order chi connectivity index (χ0) is 14.8. The standard InChI is InChI=1S/C14H20N6O/c1-10-11(5-8-21-10)9-19(2)13-16-12(15)17-14(18-13)20-6-3-4-7-20/h5,8H,3-4,6-7,9H2,1-2H3,(H2,15,16,17,18). The normalized spacial score (nSPS) is 14.7. The van der Waals surface area contributed by atoms with Gasteiger partial charge in [-0.15, -0.1) is 0 Å². The molecule has 1 aliphatic heterocycles. The Morgan fingerprint density at radius 2 is 2.05 bits per heavy atom. The van der Waals surface area contributed by atoms with Crippen LogP contribution in [0.4, 0.5) is 17.8 Å². The van der Waals surface area contributed by atoms with E-state index in [2.05, 4.69) is 19.9 Å². The first-order chi connectivity index (χ1) is 10.1. The molecule has 0 aliphatic carbocycles. The lowest BCUT2D eigenvalue weighted by Crippen LogP contribution is -2.25. The molecule has 2 aromatic heterocycles. The SMILES string of the molecule is Cc1occc1CN(C)c1nc(N)nc(N2CCCC2)n1. The van der Waals surface area contributed by atoms with Crippen molar-refractivity contribution in [2.45, 2.75) is 26.3 Å². The number of aromatic nitrogens is 3. The van der Waals surface area contributed by atoms with Crippen LogP contribution in [0.25, 0.3) is 0 Å². The molecule has 0 aromatic carbocycles. The third-order valence-corrected chi connectivity index (χ3v) is 3.73. The minimum atomic E-state index is 0.262. The summed E-state index contributed by atoms with van der Waals surface area (Å²) in [5.41, 5.74) is 6.94. The Kier molecular flexibility index (Phi) is 3.64. The van der Waals surface area contributed by atoms with E-state index in [-0.39, 0.29) is 5.95 Å². The molecule has 7 heteroatoms. The fraction of sp³-hybridized carbons (Fsp3) is 0.500. The minimum Gasteiger partial charge on any atom is -0.469 e. The molecule has 1 fully saturated rings. The minimum absolute atomic E-state index is 0.262. The van der Waals surface area contributed by atoms with E-state index in [0.717, 1.165) is 24.4 Å². The van der Waals surface area contributed by atoms with Gasteiger partial charge in [0, 0.05) is 32.2 Å². The van der Waals surface area contributed by atoms with Crippen LogP contribution >= 0.6 is 0 Å². The van der Waals surface area contributed by atoms with Gasteiger partial charge < -0.3 is 20.0 Å². The van der Waals surface area contributed by atoms with Gasteiger partial charge in [0.15, 0.2) is 0 Å². The number of hydrogen-bond acceptors (Lipinski definition) is 7. The van der Waals surface area contributed by atoms with E-state index in [1.807, 2.05) is 24.9 Å². The fourth-order valence-electron chi connectivity index (χ4n) is 2.50. The third-order valence-electron chi connectivity index (χ3n) is 3.73. The second-order valence-corrected chi connectivity index (χ2v) is 5.35. The van der Waals surface area contributed by atoms with Crippen LogP contribution in [-0.4, -0.2) is 35.1 Å². The Morgan fingerprint density at radius 1 is 1.29 bits per heavy atom. The van der Waals surface area contributed by atoms with Gasteiger partial charge in [0.25, 0.3) is 0 Å². The summed E-state index contributed by atoms with van der Waals surface area (Å²) in [4.78, 5) is 17.1. The average Bonchev–Trinajstić information content (AvgIpc) is 3.11. The van der Waals surface area contributed by atoms with Crippen LogP contribution in [0.5, 0.6) is 0 Å². The molecule has 3 rings (SSSR count). The van der Waals surface area contributed by atoms with Crippen molar-refractivity contribution in [1.29, 1.82) is 0 Å². The summed E-state index contributed by atoms with van der Waals surface area (Å²) in [5, 5.41) is 0. The van der Waals surface area contributed by atoms with Crippen LogP contribution in [0.3, 0.4) is 0 Å². The van der Waals surface area contributed by atoms with Gasteiger partial charge >= 0.3 is 0 Å². The lowest BCUT2D eigenvalue weighted by Gasteiger charge is -2.20. The van der Waals surface area contributed by atoms with Crippen molar-refractivity contribution in [1.82, 2.24) is 15.0 Å². The first-order valence-corrected chi connectivity index (χ1v) is 7.14. The number of nitrogen functional groups attached to an aromatic ring is 1. The van der Waals surface area contributed by atoms with Crippen molar-refractivity contribution in [2.24, 2.45) is 0 Å². The Bertz CT molecular complexity index is 620. The molecule has 0 unspecified atom stereocenters. The number of furan rings is 1. The van der Waals surface area contributed by atoms with Crippen LogP contribution in [-0.2, 0) is 6.54 Å². The van der Waals surface area contributed by atoms with E-state index >= 15 is 0 Å². The monoisotopic (exact) mass is 288 g/mol. The van der Waals surface area contributed by atoms with Crippen molar-refractivity contribution < 1.29 is 4.42 Å². The van der Waals surface area contributed by atoms with Crippen molar-refractivity contribution >= 4 is 17.8 Å². The third kappa shape index (κ3) is 2.91. The second-order valence-electron chi connectivity index (χ2n) is 5.35. The van der Waals surface area contributed by atoms with E-state index in [9.17, 15) is 0 Å². The highest BCUT2D eigenvalue weighted by molar-refractivity contribution is 5.44. The highest BCUT2D eigenvalue weighted by Gasteiger charge is 2.18. The Labute approximate surface area is 123 Å². The summed E-state index contributed by atoms with van der Waals surface area (Å²) >= 11 is 0. The molecule has 0 saturated carbocycles. The quantitative estimate of drug-likeness (QED) is 0.914. The molecular weight excluding hydrogens is 268 g/mol. The smallest absolute Gasteiger partial charge is 0.232 e. The summed E-state index contributed by atoms with van der Waals surface area (Å²) in [6.45, 7) is 4.58. The van der Waals surface area contributed by atoms with Gasteiger partial charge in [-0.2, -0.15) is 15.0 Å². The maximum Gasteiger partial charge on any atom is 0.232 e. The first kappa shape index (κ1) is 13.7. The topological polar surface area (TPSA) is 84.3 Å². The summed E-state index contributed by atoms with van der Waals surface area (Å²) in [7, 11) is 1.94. The van der Waals surface area contributed by atoms with Crippen LogP contribution < -0.4 is 15.5 Å². The Morgan fingerprint density at radius 3 is 2.71 bits per heavy atom. The maximum absolute atomic E-state index is 5.83. The largest absolute Gasteiger partial charge is 0.469 e. The van der Waals surface area contributed by atoms with Gasteiger partial charge in [-0.05, 0) is 25.8 Å². The van der Waals surface area contributed by atoms with Gasteiger partial charge in [-0.25, -0.2) is 0 Å². The van der Waals surface area contributed by atoms with Crippen LogP contribution in [0.15, 0.2) is 16.7 Å². The van der Waals surface area contributed by atoms with Crippen LogP contribution in [0.1, 0.15) is 24.2 Å². The van der Waals surface area contributed by atoms with Gasteiger partial charge in [-0.3, -0.25) is 0 Å². The summed E-state index contributed by atoms with van der Waals surface area (Å²) in [5.74, 6) is 2.43. The molecule has 2 N–H and O–H groups in total. The lowest BCUT2D eigenvalue weighted by atomic mass is 10.2. The molecule has 1 saturated heterocycles. The van der Waals surface area contributed by atoms with Gasteiger partial charge in [-0.1, -0.05) is 0 Å². The van der Waals surface area contributed by atoms with E-state index in [0.29, 0.717) is 18.4 Å². The molecule has 21 heavy (non-hydrogen) atoms. The first-order valence-electron chi connectivity index (χ1n) is 7.14. The molecule has 112 valence electrons. The summed E-state index contributed by atoms with van der Waals surface area (Å²) in [6, 6.07) is 1.96. The van der Waals surface area contributed by atoms with E-state index in [1.165, 1.54) is 12.8 Å². The maximum atomic E-state index is 5.83.